The summed E-state index contributed by atoms with van der Waals surface area (Å²) in [6.07, 6.45) is 4.80. The van der Waals surface area contributed by atoms with E-state index in [1.807, 2.05) is 0 Å². The van der Waals surface area contributed by atoms with E-state index in [-0.39, 0.29) is 10.9 Å². The Hall–Kier alpha value is -0.850. The Kier molecular flexibility index (Phi) is 7.42. The van der Waals surface area contributed by atoms with Crippen molar-refractivity contribution in [3.05, 3.63) is 17.6 Å². The third kappa shape index (κ3) is 5.45. The van der Waals surface area contributed by atoms with Crippen molar-refractivity contribution in [3.63, 3.8) is 0 Å². The molecule has 1 atom stereocenters. The number of sulfonamides is 1. The van der Waals surface area contributed by atoms with Gasteiger partial charge in [0.2, 0.25) is 10.0 Å². The largest absolute Gasteiger partial charge is 0.464 e. The number of furan rings is 1. The molecule has 1 aromatic rings. The van der Waals surface area contributed by atoms with Gasteiger partial charge in [0.1, 0.15) is 16.4 Å². The second-order valence-corrected chi connectivity index (χ2v) is 7.09. The van der Waals surface area contributed by atoms with E-state index in [9.17, 15) is 8.42 Å². The first kappa shape index (κ1) is 18.2. The molecule has 0 fully saturated rings. The van der Waals surface area contributed by atoms with Gasteiger partial charge >= 0.3 is 0 Å². The zero-order valence-electron chi connectivity index (χ0n) is 13.5. The molecule has 1 rings (SSSR count). The topological polar surface area (TPSA) is 71.3 Å². The Balaban J connectivity index is 2.87. The van der Waals surface area contributed by atoms with Gasteiger partial charge in [-0.2, -0.15) is 0 Å². The van der Waals surface area contributed by atoms with E-state index >= 15 is 0 Å². The van der Waals surface area contributed by atoms with Gasteiger partial charge in [-0.3, -0.25) is 0 Å². The molecule has 0 amide bonds. The number of unbranched alkanes of at least 4 members (excludes halogenated alkanes) is 1. The summed E-state index contributed by atoms with van der Waals surface area (Å²) in [5.74, 6) is 1.08. The molecule has 2 N–H and O–H groups in total. The zero-order valence-corrected chi connectivity index (χ0v) is 14.3. The van der Waals surface area contributed by atoms with E-state index in [0.717, 1.165) is 32.1 Å². The van der Waals surface area contributed by atoms with Crippen LogP contribution in [0.4, 0.5) is 0 Å². The van der Waals surface area contributed by atoms with E-state index in [1.165, 1.54) is 0 Å². The summed E-state index contributed by atoms with van der Waals surface area (Å²) in [7, 11) is -1.71. The summed E-state index contributed by atoms with van der Waals surface area (Å²) < 4.78 is 33.4. The first-order valence-electron chi connectivity index (χ1n) is 7.70. The zero-order chi connectivity index (χ0) is 15.9. The van der Waals surface area contributed by atoms with Crippen molar-refractivity contribution < 1.29 is 12.8 Å². The first-order valence-corrected chi connectivity index (χ1v) is 9.19. The monoisotopic (exact) mass is 316 g/mol. The molecule has 0 aliphatic rings. The molecule has 0 spiro atoms. The van der Waals surface area contributed by atoms with Gasteiger partial charge in [-0.15, -0.1) is 0 Å². The summed E-state index contributed by atoms with van der Waals surface area (Å²) in [5, 5.41) is 2.96. The van der Waals surface area contributed by atoms with Crippen LogP contribution in [0.15, 0.2) is 15.4 Å². The lowest BCUT2D eigenvalue weighted by Crippen LogP contribution is -2.34. The van der Waals surface area contributed by atoms with E-state index < -0.39 is 10.0 Å². The molecule has 21 heavy (non-hydrogen) atoms. The van der Waals surface area contributed by atoms with E-state index in [2.05, 4.69) is 23.9 Å². The fourth-order valence-electron chi connectivity index (χ4n) is 2.40. The molecule has 0 aromatic carbocycles. The molecule has 1 unspecified atom stereocenters. The summed E-state index contributed by atoms with van der Waals surface area (Å²) in [6, 6.07) is 1.61. The van der Waals surface area contributed by atoms with Crippen LogP contribution in [0.2, 0.25) is 0 Å². The number of hydrogen-bond donors (Lipinski definition) is 2. The number of nitrogens with one attached hydrogen (secondary N) is 2. The quantitative estimate of drug-likeness (QED) is 0.696. The molecule has 5 nitrogen and oxygen atoms in total. The van der Waals surface area contributed by atoms with Crippen molar-refractivity contribution >= 4 is 10.0 Å². The predicted molar refractivity (Wildman–Crippen MR) is 84.8 cm³/mol. The fourth-order valence-corrected chi connectivity index (χ4v) is 3.90. The lowest BCUT2D eigenvalue weighted by atomic mass is 10.1. The molecule has 1 aromatic heterocycles. The molecule has 0 aliphatic heterocycles. The SMILES string of the molecule is CCCCC(CCC)NS(=O)(=O)c1cc(CNC)oc1C. The second-order valence-electron chi connectivity index (χ2n) is 5.41. The molecule has 0 aliphatic carbocycles. The minimum absolute atomic E-state index is 0.00185. The Morgan fingerprint density at radius 1 is 1.24 bits per heavy atom. The van der Waals surface area contributed by atoms with Crippen molar-refractivity contribution in [2.24, 2.45) is 0 Å². The van der Waals surface area contributed by atoms with Crippen LogP contribution in [-0.4, -0.2) is 21.5 Å². The van der Waals surface area contributed by atoms with Crippen molar-refractivity contribution in [2.75, 3.05) is 7.05 Å². The van der Waals surface area contributed by atoms with Crippen LogP contribution in [0.25, 0.3) is 0 Å². The van der Waals surface area contributed by atoms with Crippen LogP contribution in [0, 0.1) is 6.92 Å². The van der Waals surface area contributed by atoms with Crippen LogP contribution in [0.5, 0.6) is 0 Å². The van der Waals surface area contributed by atoms with Gasteiger partial charge in [-0.1, -0.05) is 33.1 Å². The number of rotatable bonds is 10. The van der Waals surface area contributed by atoms with Crippen molar-refractivity contribution in [3.8, 4) is 0 Å². The van der Waals surface area contributed by atoms with Crippen LogP contribution < -0.4 is 10.0 Å². The molecule has 6 heteroatoms. The standard InChI is InChI=1S/C15H28N2O3S/c1-5-7-9-13(8-6-2)17-21(18,19)15-10-14(11-16-4)20-12(15)3/h10,13,16-17H,5-9,11H2,1-4H3. The predicted octanol–water partition coefficient (Wildman–Crippen LogP) is 2.94. The fraction of sp³-hybridized carbons (Fsp3) is 0.733. The molecule has 0 saturated carbocycles. The smallest absolute Gasteiger partial charge is 0.244 e. The van der Waals surface area contributed by atoms with Crippen molar-refractivity contribution in [2.45, 2.75) is 70.4 Å². The van der Waals surface area contributed by atoms with Crippen LogP contribution in [0.3, 0.4) is 0 Å². The molecule has 0 saturated heterocycles. The average molecular weight is 316 g/mol. The molecular weight excluding hydrogens is 288 g/mol. The number of aryl methyl sites for hydroxylation is 1. The highest BCUT2D eigenvalue weighted by molar-refractivity contribution is 7.89. The minimum Gasteiger partial charge on any atom is -0.464 e. The average Bonchev–Trinajstić information content (AvgIpc) is 2.78. The lowest BCUT2D eigenvalue weighted by Gasteiger charge is -2.17. The minimum atomic E-state index is -3.51. The first-order chi connectivity index (χ1) is 9.94. The van der Waals surface area contributed by atoms with Gasteiger partial charge in [-0.05, 0) is 26.8 Å². The van der Waals surface area contributed by atoms with Gasteiger partial charge in [0.05, 0.1) is 6.54 Å². The summed E-state index contributed by atoms with van der Waals surface area (Å²) in [5.41, 5.74) is 0. The van der Waals surface area contributed by atoms with Crippen molar-refractivity contribution in [1.82, 2.24) is 10.0 Å². The van der Waals surface area contributed by atoms with E-state index in [4.69, 9.17) is 4.42 Å². The van der Waals surface area contributed by atoms with Gasteiger partial charge in [0, 0.05) is 12.1 Å². The maximum atomic E-state index is 12.5. The third-order valence-electron chi connectivity index (χ3n) is 3.43. The van der Waals surface area contributed by atoms with E-state index in [1.54, 1.807) is 20.0 Å². The Morgan fingerprint density at radius 3 is 2.52 bits per heavy atom. The van der Waals surface area contributed by atoms with E-state index in [0.29, 0.717) is 18.1 Å². The van der Waals surface area contributed by atoms with Crippen LogP contribution in [0.1, 0.15) is 57.5 Å². The Bertz CT molecular complexity index is 523. The van der Waals surface area contributed by atoms with Gasteiger partial charge in [-0.25, -0.2) is 13.1 Å². The highest BCUT2D eigenvalue weighted by Crippen LogP contribution is 2.21. The van der Waals surface area contributed by atoms with Gasteiger partial charge in [0.15, 0.2) is 0 Å². The molecule has 1 heterocycles. The van der Waals surface area contributed by atoms with Gasteiger partial charge < -0.3 is 9.73 Å². The molecule has 0 bridgehead atoms. The normalized spacial score (nSPS) is 13.5. The van der Waals surface area contributed by atoms with Crippen LogP contribution in [-0.2, 0) is 16.6 Å². The summed E-state index contributed by atoms with van der Waals surface area (Å²) in [6.45, 7) is 6.39. The van der Waals surface area contributed by atoms with Crippen molar-refractivity contribution in [1.29, 1.82) is 0 Å². The summed E-state index contributed by atoms with van der Waals surface area (Å²) in [4.78, 5) is 0.255. The Labute approximate surface area is 128 Å². The molecule has 0 radical (unpaired) electrons. The maximum absolute atomic E-state index is 12.5. The molecule has 122 valence electrons. The lowest BCUT2D eigenvalue weighted by molar-refractivity contribution is 0.462. The van der Waals surface area contributed by atoms with Crippen LogP contribution >= 0.6 is 0 Å². The summed E-state index contributed by atoms with van der Waals surface area (Å²) >= 11 is 0. The molecular formula is C15H28N2O3S. The third-order valence-corrected chi connectivity index (χ3v) is 5.06. The maximum Gasteiger partial charge on any atom is 0.244 e. The number of hydrogen-bond acceptors (Lipinski definition) is 4. The highest BCUT2D eigenvalue weighted by atomic mass is 32.2. The second kappa shape index (κ2) is 8.56. The highest BCUT2D eigenvalue weighted by Gasteiger charge is 2.24. The Morgan fingerprint density at radius 2 is 1.95 bits per heavy atom. The van der Waals surface area contributed by atoms with Gasteiger partial charge in [0.25, 0.3) is 0 Å².